The Balaban J connectivity index is 1.60. The number of amides is 1. The van der Waals surface area contributed by atoms with Crippen molar-refractivity contribution in [2.24, 2.45) is 0 Å². The van der Waals surface area contributed by atoms with Crippen LogP contribution in [0.2, 0.25) is 10.0 Å². The number of imidazole rings is 1. The van der Waals surface area contributed by atoms with E-state index in [1.807, 2.05) is 33.7 Å². The van der Waals surface area contributed by atoms with Crippen LogP contribution in [0.15, 0.2) is 42.5 Å². The summed E-state index contributed by atoms with van der Waals surface area (Å²) in [6.07, 6.45) is 2.14. The summed E-state index contributed by atoms with van der Waals surface area (Å²) < 4.78 is 7.79. The monoisotopic (exact) mass is 403 g/mol. The molecule has 1 amide bonds. The summed E-state index contributed by atoms with van der Waals surface area (Å²) in [7, 11) is 0. The van der Waals surface area contributed by atoms with Gasteiger partial charge in [0.2, 0.25) is 5.91 Å². The molecular formula is C20H19Cl2N3O2. The number of para-hydroxylation sites is 2. The Morgan fingerprint density at radius 3 is 2.67 bits per heavy atom. The van der Waals surface area contributed by atoms with Crippen LogP contribution in [0.5, 0.6) is 5.75 Å². The first-order valence-corrected chi connectivity index (χ1v) is 9.67. The van der Waals surface area contributed by atoms with Crippen LogP contribution in [0.4, 0.5) is 0 Å². The molecule has 0 N–H and O–H groups in total. The molecule has 2 heterocycles. The highest BCUT2D eigenvalue weighted by Gasteiger charge is 2.21. The number of aromatic nitrogens is 2. The molecule has 0 atom stereocenters. The molecule has 1 aliphatic heterocycles. The van der Waals surface area contributed by atoms with Gasteiger partial charge in [-0.1, -0.05) is 35.3 Å². The fraction of sp³-hybridized carbons (Fsp3) is 0.300. The fourth-order valence-electron chi connectivity index (χ4n) is 3.35. The summed E-state index contributed by atoms with van der Waals surface area (Å²) in [5.41, 5.74) is 1.76. The maximum atomic E-state index is 12.7. The molecule has 1 saturated heterocycles. The summed E-state index contributed by atoms with van der Waals surface area (Å²) in [4.78, 5) is 19.2. The van der Waals surface area contributed by atoms with Gasteiger partial charge in [-0.05, 0) is 43.2 Å². The lowest BCUT2D eigenvalue weighted by Gasteiger charge is -2.17. The average molecular weight is 404 g/mol. The van der Waals surface area contributed by atoms with Gasteiger partial charge in [-0.2, -0.15) is 0 Å². The lowest BCUT2D eigenvalue weighted by atomic mass is 10.3. The maximum absolute atomic E-state index is 12.7. The maximum Gasteiger partial charge on any atom is 0.242 e. The Bertz CT molecular complexity index is 981. The Morgan fingerprint density at radius 1 is 1.11 bits per heavy atom. The number of likely N-dealkylation sites (tertiary alicyclic amines) is 1. The number of rotatable bonds is 5. The van der Waals surface area contributed by atoms with Gasteiger partial charge in [0.15, 0.2) is 0 Å². The number of hydrogen-bond acceptors (Lipinski definition) is 3. The molecule has 0 aliphatic carbocycles. The second-order valence-corrected chi connectivity index (χ2v) is 7.40. The zero-order chi connectivity index (χ0) is 18.8. The molecule has 4 rings (SSSR count). The van der Waals surface area contributed by atoms with Gasteiger partial charge in [0.05, 0.1) is 16.1 Å². The third kappa shape index (κ3) is 3.89. The van der Waals surface area contributed by atoms with E-state index in [2.05, 4.69) is 4.98 Å². The minimum absolute atomic E-state index is 0.112. The quantitative estimate of drug-likeness (QED) is 0.627. The minimum Gasteiger partial charge on any atom is -0.484 e. The number of ether oxygens (including phenoxy) is 1. The predicted molar refractivity (Wildman–Crippen MR) is 106 cm³/mol. The summed E-state index contributed by atoms with van der Waals surface area (Å²) in [5, 5.41) is 0.995. The van der Waals surface area contributed by atoms with E-state index in [1.165, 1.54) is 0 Å². The molecule has 0 saturated carbocycles. The molecule has 5 nitrogen and oxygen atoms in total. The molecule has 0 bridgehead atoms. The van der Waals surface area contributed by atoms with Crippen molar-refractivity contribution < 1.29 is 9.53 Å². The third-order valence-electron chi connectivity index (χ3n) is 4.74. The Morgan fingerprint density at radius 2 is 1.89 bits per heavy atom. The van der Waals surface area contributed by atoms with Crippen molar-refractivity contribution in [1.29, 1.82) is 0 Å². The zero-order valence-corrected chi connectivity index (χ0v) is 16.2. The first kappa shape index (κ1) is 18.1. The number of carbonyl (C=O) groups is 1. The molecule has 140 valence electrons. The second-order valence-electron chi connectivity index (χ2n) is 6.55. The highest BCUT2D eigenvalue weighted by Crippen LogP contribution is 2.28. The van der Waals surface area contributed by atoms with E-state index in [1.54, 1.807) is 18.2 Å². The van der Waals surface area contributed by atoms with Crippen molar-refractivity contribution in [3.63, 3.8) is 0 Å². The van der Waals surface area contributed by atoms with Gasteiger partial charge in [-0.15, -0.1) is 0 Å². The van der Waals surface area contributed by atoms with E-state index in [0.717, 1.165) is 37.0 Å². The third-order valence-corrected chi connectivity index (χ3v) is 5.27. The van der Waals surface area contributed by atoms with E-state index < -0.39 is 0 Å². The van der Waals surface area contributed by atoms with E-state index in [4.69, 9.17) is 27.9 Å². The van der Waals surface area contributed by atoms with Crippen LogP contribution in [0.3, 0.4) is 0 Å². The largest absolute Gasteiger partial charge is 0.484 e. The van der Waals surface area contributed by atoms with Crippen molar-refractivity contribution in [3.8, 4) is 5.75 Å². The van der Waals surface area contributed by atoms with Gasteiger partial charge in [0.1, 0.15) is 24.7 Å². The fourth-order valence-corrected chi connectivity index (χ4v) is 3.81. The van der Waals surface area contributed by atoms with Gasteiger partial charge in [0.25, 0.3) is 0 Å². The smallest absolute Gasteiger partial charge is 0.242 e. The number of halogens is 2. The van der Waals surface area contributed by atoms with E-state index in [9.17, 15) is 4.79 Å². The average Bonchev–Trinajstić information content (AvgIpc) is 3.30. The van der Waals surface area contributed by atoms with Crippen molar-refractivity contribution in [3.05, 3.63) is 58.3 Å². The Hall–Kier alpha value is -2.24. The molecule has 0 radical (unpaired) electrons. The van der Waals surface area contributed by atoms with Crippen LogP contribution in [0, 0.1) is 0 Å². The van der Waals surface area contributed by atoms with Gasteiger partial charge in [-0.25, -0.2) is 4.98 Å². The van der Waals surface area contributed by atoms with E-state index in [-0.39, 0.29) is 19.1 Å². The topological polar surface area (TPSA) is 47.4 Å². The van der Waals surface area contributed by atoms with E-state index >= 15 is 0 Å². The standard InChI is InChI=1S/C20H19Cl2N3O2/c21-14-7-8-18(15(22)11-14)27-13-19-23-16-5-1-2-6-17(16)25(19)12-20(26)24-9-3-4-10-24/h1-2,5-8,11H,3-4,9-10,12-13H2. The first-order chi connectivity index (χ1) is 13.1. The first-order valence-electron chi connectivity index (χ1n) is 8.91. The minimum atomic E-state index is 0.112. The van der Waals surface area contributed by atoms with Crippen LogP contribution < -0.4 is 4.74 Å². The molecule has 1 aromatic heterocycles. The number of benzene rings is 2. The van der Waals surface area contributed by atoms with Crippen molar-refractivity contribution >= 4 is 40.1 Å². The lowest BCUT2D eigenvalue weighted by Crippen LogP contribution is -2.31. The molecule has 2 aromatic carbocycles. The highest BCUT2D eigenvalue weighted by molar-refractivity contribution is 6.35. The Kier molecular flexibility index (Phi) is 5.23. The van der Waals surface area contributed by atoms with Gasteiger partial charge >= 0.3 is 0 Å². The van der Waals surface area contributed by atoms with Gasteiger partial charge in [0, 0.05) is 18.1 Å². The lowest BCUT2D eigenvalue weighted by molar-refractivity contribution is -0.130. The number of hydrogen-bond donors (Lipinski definition) is 0. The molecule has 7 heteroatoms. The van der Waals surface area contributed by atoms with Crippen LogP contribution in [-0.4, -0.2) is 33.4 Å². The molecule has 0 spiro atoms. The summed E-state index contributed by atoms with van der Waals surface area (Å²) in [6.45, 7) is 2.13. The summed E-state index contributed by atoms with van der Waals surface area (Å²) in [5.74, 6) is 1.33. The molecular weight excluding hydrogens is 385 g/mol. The number of carbonyl (C=O) groups excluding carboxylic acids is 1. The highest BCUT2D eigenvalue weighted by atomic mass is 35.5. The predicted octanol–water partition coefficient (Wildman–Crippen LogP) is 4.54. The summed E-state index contributed by atoms with van der Waals surface area (Å²) >= 11 is 12.1. The summed E-state index contributed by atoms with van der Waals surface area (Å²) in [6, 6.07) is 12.9. The van der Waals surface area contributed by atoms with Crippen LogP contribution in [0.1, 0.15) is 18.7 Å². The molecule has 1 fully saturated rings. The SMILES string of the molecule is O=C(Cn1c(COc2ccc(Cl)cc2Cl)nc2ccccc21)N1CCCC1. The molecule has 1 aliphatic rings. The van der Waals surface area contributed by atoms with Gasteiger partial charge in [-0.3, -0.25) is 4.79 Å². The molecule has 27 heavy (non-hydrogen) atoms. The normalized spacial score (nSPS) is 14.1. The van der Waals surface area contributed by atoms with Crippen molar-refractivity contribution in [1.82, 2.24) is 14.5 Å². The zero-order valence-electron chi connectivity index (χ0n) is 14.7. The number of nitrogens with zero attached hydrogens (tertiary/aromatic N) is 3. The van der Waals surface area contributed by atoms with Gasteiger partial charge < -0.3 is 14.2 Å². The Labute approximate surface area is 167 Å². The van der Waals surface area contributed by atoms with Crippen molar-refractivity contribution in [2.75, 3.05) is 13.1 Å². The van der Waals surface area contributed by atoms with Crippen molar-refractivity contribution in [2.45, 2.75) is 26.0 Å². The van der Waals surface area contributed by atoms with E-state index in [0.29, 0.717) is 21.6 Å². The molecule has 3 aromatic rings. The van der Waals surface area contributed by atoms with Crippen LogP contribution in [0.25, 0.3) is 11.0 Å². The van der Waals surface area contributed by atoms with Crippen LogP contribution in [-0.2, 0) is 17.9 Å². The second kappa shape index (κ2) is 7.79. The number of fused-ring (bicyclic) bond motifs is 1. The molecule has 0 unspecified atom stereocenters. The van der Waals surface area contributed by atoms with Crippen LogP contribution >= 0.6 is 23.2 Å².